The highest BCUT2D eigenvalue weighted by Crippen LogP contribution is 2.18. The van der Waals surface area contributed by atoms with Gasteiger partial charge in [0.1, 0.15) is 0 Å². The zero-order chi connectivity index (χ0) is 8.97. The zero-order valence-corrected chi connectivity index (χ0v) is 7.26. The normalized spacial score (nSPS) is 21.9. The van der Waals surface area contributed by atoms with Crippen molar-refractivity contribution in [1.82, 2.24) is 0 Å². The molecule has 0 amide bonds. The Kier molecular flexibility index (Phi) is 3.02. The second-order valence-electron chi connectivity index (χ2n) is 2.99. The van der Waals surface area contributed by atoms with E-state index in [-0.39, 0.29) is 17.7 Å². The largest absolute Gasteiger partial charge is 0.430 e. The van der Waals surface area contributed by atoms with Crippen LogP contribution in [0.1, 0.15) is 26.2 Å². The Labute approximate surface area is 72.4 Å². The summed E-state index contributed by atoms with van der Waals surface area (Å²) >= 11 is 0. The fraction of sp³-hybridized carbons (Fsp3) is 0.556. The molecular formula is C9H14N2O. The number of ether oxygens (including phenoxy) is 1. The molecule has 0 radical (unpaired) electrons. The number of rotatable bonds is 1. The Hall–Kier alpha value is -1.12. The quantitative estimate of drug-likeness (QED) is 0.350. The Morgan fingerprint density at radius 2 is 2.25 bits per heavy atom. The van der Waals surface area contributed by atoms with Crippen LogP contribution in [-0.4, -0.2) is 11.8 Å². The van der Waals surface area contributed by atoms with Crippen molar-refractivity contribution in [2.75, 3.05) is 0 Å². The molecule has 1 rings (SSSR count). The first kappa shape index (κ1) is 8.97. The summed E-state index contributed by atoms with van der Waals surface area (Å²) in [5, 5.41) is 14.6. The average molecular weight is 166 g/mol. The highest BCUT2D eigenvalue weighted by molar-refractivity contribution is 5.89. The van der Waals surface area contributed by atoms with Gasteiger partial charge in [-0.05, 0) is 19.3 Å². The zero-order valence-electron chi connectivity index (χ0n) is 7.26. The van der Waals surface area contributed by atoms with Gasteiger partial charge in [0.15, 0.2) is 11.8 Å². The van der Waals surface area contributed by atoms with Crippen molar-refractivity contribution >= 4 is 11.8 Å². The third-order valence-electron chi connectivity index (χ3n) is 1.85. The predicted molar refractivity (Wildman–Crippen MR) is 48.7 cm³/mol. The highest BCUT2D eigenvalue weighted by Gasteiger charge is 2.15. The summed E-state index contributed by atoms with van der Waals surface area (Å²) in [5.41, 5.74) is 0. The Balaban J connectivity index is 2.45. The standard InChI is InChI=1S/C9H14N2O/c1-7(10)12-9(11)8-5-3-2-4-6-8/h3,5,8,10-11H,2,4,6H2,1H3. The van der Waals surface area contributed by atoms with Gasteiger partial charge in [-0.3, -0.25) is 10.8 Å². The van der Waals surface area contributed by atoms with Gasteiger partial charge in [-0.15, -0.1) is 0 Å². The average Bonchev–Trinajstić information content (AvgIpc) is 2.05. The molecule has 0 aromatic rings. The van der Waals surface area contributed by atoms with Crippen molar-refractivity contribution in [2.24, 2.45) is 5.92 Å². The summed E-state index contributed by atoms with van der Waals surface area (Å²) < 4.78 is 4.91. The van der Waals surface area contributed by atoms with Crippen LogP contribution in [0.15, 0.2) is 12.2 Å². The van der Waals surface area contributed by atoms with Gasteiger partial charge in [0.2, 0.25) is 0 Å². The maximum atomic E-state index is 7.50. The summed E-state index contributed by atoms with van der Waals surface area (Å²) in [7, 11) is 0. The van der Waals surface area contributed by atoms with E-state index in [9.17, 15) is 0 Å². The van der Waals surface area contributed by atoms with E-state index in [1.165, 1.54) is 0 Å². The molecule has 2 N–H and O–H groups in total. The molecule has 3 heteroatoms. The van der Waals surface area contributed by atoms with Gasteiger partial charge >= 0.3 is 0 Å². The molecule has 0 bridgehead atoms. The van der Waals surface area contributed by atoms with E-state index in [1.54, 1.807) is 6.92 Å². The van der Waals surface area contributed by atoms with Crippen LogP contribution in [0.25, 0.3) is 0 Å². The Bertz CT molecular complexity index is 221. The molecule has 0 aromatic carbocycles. The molecule has 1 unspecified atom stereocenters. The summed E-state index contributed by atoms with van der Waals surface area (Å²) in [6.45, 7) is 1.54. The van der Waals surface area contributed by atoms with Crippen LogP contribution in [0.2, 0.25) is 0 Å². The van der Waals surface area contributed by atoms with Gasteiger partial charge in [0, 0.05) is 6.92 Å². The second-order valence-corrected chi connectivity index (χ2v) is 2.99. The van der Waals surface area contributed by atoms with Gasteiger partial charge in [0.05, 0.1) is 5.92 Å². The molecule has 0 aliphatic heterocycles. The lowest BCUT2D eigenvalue weighted by Crippen LogP contribution is -2.18. The van der Waals surface area contributed by atoms with Crippen LogP contribution in [0.3, 0.4) is 0 Å². The van der Waals surface area contributed by atoms with Crippen molar-refractivity contribution in [3.05, 3.63) is 12.2 Å². The molecule has 0 spiro atoms. The topological polar surface area (TPSA) is 56.9 Å². The molecule has 1 atom stereocenters. The first-order valence-electron chi connectivity index (χ1n) is 4.18. The van der Waals surface area contributed by atoms with E-state index in [0.717, 1.165) is 19.3 Å². The van der Waals surface area contributed by atoms with Gasteiger partial charge < -0.3 is 4.74 Å². The molecule has 66 valence electrons. The van der Waals surface area contributed by atoms with E-state index in [1.807, 2.05) is 6.08 Å². The Morgan fingerprint density at radius 3 is 2.75 bits per heavy atom. The minimum absolute atomic E-state index is 0.0963. The van der Waals surface area contributed by atoms with E-state index in [2.05, 4.69) is 6.08 Å². The van der Waals surface area contributed by atoms with Crippen LogP contribution in [0, 0.1) is 16.7 Å². The summed E-state index contributed by atoms with van der Waals surface area (Å²) in [6, 6.07) is 0. The SMILES string of the molecule is CC(=N)OC(=N)C1C=CCCC1. The molecule has 1 aliphatic rings. The van der Waals surface area contributed by atoms with Crippen LogP contribution in [-0.2, 0) is 4.74 Å². The molecule has 0 fully saturated rings. The summed E-state index contributed by atoms with van der Waals surface area (Å²) in [4.78, 5) is 0. The molecule has 0 aromatic heterocycles. The summed E-state index contributed by atoms with van der Waals surface area (Å²) in [5.74, 6) is 0.400. The van der Waals surface area contributed by atoms with E-state index < -0.39 is 0 Å². The van der Waals surface area contributed by atoms with Gasteiger partial charge in [-0.25, -0.2) is 0 Å². The lowest BCUT2D eigenvalue weighted by Gasteiger charge is -2.16. The fourth-order valence-electron chi connectivity index (χ4n) is 1.27. The molecule has 1 aliphatic carbocycles. The maximum Gasteiger partial charge on any atom is 0.195 e. The maximum absolute atomic E-state index is 7.50. The predicted octanol–water partition coefficient (Wildman–Crippen LogP) is 2.33. The molecule has 3 nitrogen and oxygen atoms in total. The van der Waals surface area contributed by atoms with Crippen molar-refractivity contribution in [2.45, 2.75) is 26.2 Å². The number of hydrogen-bond donors (Lipinski definition) is 2. The summed E-state index contributed by atoms with van der Waals surface area (Å²) in [6.07, 6.45) is 7.26. The van der Waals surface area contributed by atoms with E-state index in [4.69, 9.17) is 15.6 Å². The number of hydrogen-bond acceptors (Lipinski definition) is 3. The minimum atomic E-state index is 0.0963. The molecular weight excluding hydrogens is 152 g/mol. The minimum Gasteiger partial charge on any atom is -0.430 e. The first-order chi connectivity index (χ1) is 5.70. The van der Waals surface area contributed by atoms with Gasteiger partial charge in [-0.2, -0.15) is 0 Å². The van der Waals surface area contributed by atoms with E-state index >= 15 is 0 Å². The molecule has 0 saturated heterocycles. The first-order valence-corrected chi connectivity index (χ1v) is 4.18. The van der Waals surface area contributed by atoms with Crippen molar-refractivity contribution in [1.29, 1.82) is 10.8 Å². The third kappa shape index (κ3) is 2.49. The van der Waals surface area contributed by atoms with Crippen molar-refractivity contribution < 1.29 is 4.74 Å². The van der Waals surface area contributed by atoms with Crippen LogP contribution in [0.4, 0.5) is 0 Å². The van der Waals surface area contributed by atoms with Crippen molar-refractivity contribution in [3.63, 3.8) is 0 Å². The fourth-order valence-corrected chi connectivity index (χ4v) is 1.27. The van der Waals surface area contributed by atoms with Gasteiger partial charge in [0.25, 0.3) is 0 Å². The van der Waals surface area contributed by atoms with E-state index in [0.29, 0.717) is 0 Å². The van der Waals surface area contributed by atoms with Crippen LogP contribution < -0.4 is 0 Å². The Morgan fingerprint density at radius 1 is 1.50 bits per heavy atom. The van der Waals surface area contributed by atoms with Crippen LogP contribution in [0.5, 0.6) is 0 Å². The van der Waals surface area contributed by atoms with Crippen LogP contribution >= 0.6 is 0 Å². The third-order valence-corrected chi connectivity index (χ3v) is 1.85. The lowest BCUT2D eigenvalue weighted by atomic mass is 9.96. The monoisotopic (exact) mass is 166 g/mol. The lowest BCUT2D eigenvalue weighted by molar-refractivity contribution is 0.470. The number of allylic oxidation sites excluding steroid dienone is 1. The molecule has 0 heterocycles. The van der Waals surface area contributed by atoms with Gasteiger partial charge in [-0.1, -0.05) is 12.2 Å². The van der Waals surface area contributed by atoms with Crippen molar-refractivity contribution in [3.8, 4) is 0 Å². The molecule has 0 saturated carbocycles. The molecule has 12 heavy (non-hydrogen) atoms. The smallest absolute Gasteiger partial charge is 0.195 e. The number of nitrogens with one attached hydrogen (secondary N) is 2. The second kappa shape index (κ2) is 4.04. The highest BCUT2D eigenvalue weighted by atomic mass is 16.5.